The number of hydrogen-bond donors (Lipinski definition) is 2. The van der Waals surface area contributed by atoms with Crippen LogP contribution in [0.15, 0.2) is 29.2 Å². The summed E-state index contributed by atoms with van der Waals surface area (Å²) >= 11 is 1.66. The predicted octanol–water partition coefficient (Wildman–Crippen LogP) is 2.76. The Kier molecular flexibility index (Phi) is 6.18. The maximum atomic E-state index is 11.1. The number of benzene rings is 1. The minimum absolute atomic E-state index is 0.446. The number of rotatable bonds is 8. The summed E-state index contributed by atoms with van der Waals surface area (Å²) in [7, 11) is 1.64. The molecule has 1 aromatic rings. The molecule has 0 spiro atoms. The first-order valence-electron chi connectivity index (χ1n) is 6.31. The van der Waals surface area contributed by atoms with Gasteiger partial charge in [0.05, 0.1) is 7.11 Å². The summed E-state index contributed by atoms with van der Waals surface area (Å²) in [6, 6.07) is 7.80. The van der Waals surface area contributed by atoms with E-state index >= 15 is 0 Å². The van der Waals surface area contributed by atoms with Crippen LogP contribution in [0, 0.1) is 0 Å². The van der Waals surface area contributed by atoms with E-state index in [0.717, 1.165) is 22.8 Å². The van der Waals surface area contributed by atoms with Crippen LogP contribution in [0.1, 0.15) is 26.2 Å². The summed E-state index contributed by atoms with van der Waals surface area (Å²) in [6.45, 7) is 1.81. The van der Waals surface area contributed by atoms with Crippen LogP contribution in [0.25, 0.3) is 0 Å². The minimum atomic E-state index is -1.10. The Bertz CT molecular complexity index is 425. The molecule has 0 aliphatic carbocycles. The molecule has 1 atom stereocenters. The van der Waals surface area contributed by atoms with E-state index in [1.54, 1.807) is 18.9 Å². The van der Waals surface area contributed by atoms with Gasteiger partial charge in [0.25, 0.3) is 0 Å². The number of carboxylic acids is 1. The second kappa shape index (κ2) is 7.40. The Morgan fingerprint density at radius 3 is 2.74 bits per heavy atom. The van der Waals surface area contributed by atoms with E-state index in [0.29, 0.717) is 12.8 Å². The van der Waals surface area contributed by atoms with E-state index in [4.69, 9.17) is 15.6 Å². The molecule has 0 saturated carbocycles. The van der Waals surface area contributed by atoms with Crippen molar-refractivity contribution in [1.82, 2.24) is 0 Å². The van der Waals surface area contributed by atoms with Crippen molar-refractivity contribution in [3.05, 3.63) is 24.3 Å². The van der Waals surface area contributed by atoms with Gasteiger partial charge in [0.1, 0.15) is 11.3 Å². The average molecular weight is 283 g/mol. The Morgan fingerprint density at radius 1 is 1.47 bits per heavy atom. The lowest BCUT2D eigenvalue weighted by molar-refractivity contribution is -0.143. The van der Waals surface area contributed by atoms with E-state index < -0.39 is 11.5 Å². The SMILES string of the molecule is CCC(N)(CCCSc1ccccc1OC)C(=O)O. The van der Waals surface area contributed by atoms with Crippen molar-refractivity contribution < 1.29 is 14.6 Å². The number of ether oxygens (including phenoxy) is 1. The van der Waals surface area contributed by atoms with Gasteiger partial charge in [-0.3, -0.25) is 4.79 Å². The Morgan fingerprint density at radius 2 is 2.16 bits per heavy atom. The number of thioether (sulfide) groups is 1. The molecule has 1 unspecified atom stereocenters. The van der Waals surface area contributed by atoms with Crippen molar-refractivity contribution >= 4 is 17.7 Å². The van der Waals surface area contributed by atoms with E-state index in [9.17, 15) is 4.79 Å². The molecule has 1 rings (SSSR count). The smallest absolute Gasteiger partial charge is 0.323 e. The lowest BCUT2D eigenvalue weighted by Gasteiger charge is -2.22. The Balaban J connectivity index is 2.45. The highest BCUT2D eigenvalue weighted by Crippen LogP contribution is 2.30. The molecule has 0 amide bonds. The molecule has 3 N–H and O–H groups in total. The van der Waals surface area contributed by atoms with Crippen LogP contribution in [0.2, 0.25) is 0 Å². The molecular formula is C14H21NO3S. The molecule has 19 heavy (non-hydrogen) atoms. The molecule has 0 aromatic heterocycles. The fraction of sp³-hybridized carbons (Fsp3) is 0.500. The number of hydrogen-bond acceptors (Lipinski definition) is 4. The first kappa shape index (κ1) is 15.9. The van der Waals surface area contributed by atoms with Crippen LogP contribution in [0.4, 0.5) is 0 Å². The van der Waals surface area contributed by atoms with E-state index in [1.165, 1.54) is 0 Å². The molecule has 0 saturated heterocycles. The van der Waals surface area contributed by atoms with Gasteiger partial charge in [-0.2, -0.15) is 0 Å². The third-order valence-electron chi connectivity index (χ3n) is 3.15. The van der Waals surface area contributed by atoms with Crippen LogP contribution < -0.4 is 10.5 Å². The monoisotopic (exact) mass is 283 g/mol. The van der Waals surface area contributed by atoms with Crippen molar-refractivity contribution in [2.24, 2.45) is 5.73 Å². The molecule has 1 aromatic carbocycles. The van der Waals surface area contributed by atoms with Crippen molar-refractivity contribution in [3.8, 4) is 5.75 Å². The largest absolute Gasteiger partial charge is 0.496 e. The predicted molar refractivity (Wildman–Crippen MR) is 77.8 cm³/mol. The second-order valence-corrected chi connectivity index (χ2v) is 5.55. The van der Waals surface area contributed by atoms with Gasteiger partial charge in [-0.15, -0.1) is 11.8 Å². The van der Waals surface area contributed by atoms with Gasteiger partial charge in [-0.05, 0) is 37.1 Å². The fourth-order valence-corrected chi connectivity index (χ4v) is 2.72. The van der Waals surface area contributed by atoms with Crippen LogP contribution in [0.5, 0.6) is 5.75 Å². The van der Waals surface area contributed by atoms with Crippen molar-refractivity contribution in [2.45, 2.75) is 36.6 Å². The van der Waals surface area contributed by atoms with Gasteiger partial charge < -0.3 is 15.6 Å². The van der Waals surface area contributed by atoms with Crippen LogP contribution in [-0.4, -0.2) is 29.5 Å². The molecule has 0 aliphatic rings. The zero-order valence-corrected chi connectivity index (χ0v) is 12.2. The third kappa shape index (κ3) is 4.44. The molecule has 5 heteroatoms. The molecule has 0 heterocycles. The Hall–Kier alpha value is -1.20. The number of aliphatic carboxylic acids is 1. The van der Waals surface area contributed by atoms with Crippen molar-refractivity contribution in [1.29, 1.82) is 0 Å². The zero-order valence-electron chi connectivity index (χ0n) is 11.4. The molecular weight excluding hydrogens is 262 g/mol. The summed E-state index contributed by atoms with van der Waals surface area (Å²) in [4.78, 5) is 12.1. The number of para-hydroxylation sites is 1. The molecule has 106 valence electrons. The van der Waals surface area contributed by atoms with E-state index in [-0.39, 0.29) is 0 Å². The highest BCUT2D eigenvalue weighted by molar-refractivity contribution is 7.99. The quantitative estimate of drug-likeness (QED) is 0.567. The standard InChI is InChI=1S/C14H21NO3S/c1-3-14(15,13(16)17)9-6-10-19-12-8-5-4-7-11(12)18-2/h4-5,7-8H,3,6,9-10,15H2,1-2H3,(H,16,17). The molecule has 0 aliphatic heterocycles. The highest BCUT2D eigenvalue weighted by atomic mass is 32.2. The normalized spacial score (nSPS) is 13.8. The van der Waals surface area contributed by atoms with Gasteiger partial charge >= 0.3 is 5.97 Å². The maximum Gasteiger partial charge on any atom is 0.323 e. The third-order valence-corrected chi connectivity index (χ3v) is 4.29. The topological polar surface area (TPSA) is 72.5 Å². The minimum Gasteiger partial charge on any atom is -0.496 e. The van der Waals surface area contributed by atoms with Crippen LogP contribution >= 0.6 is 11.8 Å². The average Bonchev–Trinajstić information content (AvgIpc) is 2.43. The summed E-state index contributed by atoms with van der Waals surface area (Å²) in [5.74, 6) is 0.754. The summed E-state index contributed by atoms with van der Waals surface area (Å²) in [6.07, 6.45) is 1.70. The van der Waals surface area contributed by atoms with Crippen LogP contribution in [0.3, 0.4) is 0 Å². The van der Waals surface area contributed by atoms with Gasteiger partial charge in [0.2, 0.25) is 0 Å². The maximum absolute atomic E-state index is 11.1. The second-order valence-electron chi connectivity index (χ2n) is 4.42. The van der Waals surface area contributed by atoms with Gasteiger partial charge in [0.15, 0.2) is 0 Å². The van der Waals surface area contributed by atoms with Gasteiger partial charge in [-0.25, -0.2) is 0 Å². The number of carbonyl (C=O) groups is 1. The summed E-state index contributed by atoms with van der Waals surface area (Å²) < 4.78 is 5.26. The van der Waals surface area contributed by atoms with Gasteiger partial charge in [0, 0.05) is 4.90 Å². The lowest BCUT2D eigenvalue weighted by Crippen LogP contribution is -2.47. The summed E-state index contributed by atoms with van der Waals surface area (Å²) in [5.41, 5.74) is 4.75. The van der Waals surface area contributed by atoms with E-state index in [2.05, 4.69) is 0 Å². The number of carboxylic acid groups (broad SMARTS) is 1. The summed E-state index contributed by atoms with van der Waals surface area (Å²) in [5, 5.41) is 9.08. The van der Waals surface area contributed by atoms with Crippen LogP contribution in [-0.2, 0) is 4.79 Å². The number of nitrogens with two attached hydrogens (primary N) is 1. The van der Waals surface area contributed by atoms with E-state index in [1.807, 2.05) is 31.2 Å². The highest BCUT2D eigenvalue weighted by Gasteiger charge is 2.30. The lowest BCUT2D eigenvalue weighted by atomic mass is 9.92. The first-order valence-corrected chi connectivity index (χ1v) is 7.30. The first-order chi connectivity index (χ1) is 9.03. The number of methoxy groups -OCH3 is 1. The molecule has 0 radical (unpaired) electrons. The fourth-order valence-electron chi connectivity index (χ4n) is 1.74. The molecule has 0 bridgehead atoms. The molecule has 0 fully saturated rings. The van der Waals surface area contributed by atoms with Crippen molar-refractivity contribution in [2.75, 3.05) is 12.9 Å². The molecule has 4 nitrogen and oxygen atoms in total. The Labute approximate surface area is 118 Å². The van der Waals surface area contributed by atoms with Gasteiger partial charge in [-0.1, -0.05) is 19.1 Å². The van der Waals surface area contributed by atoms with Crippen molar-refractivity contribution in [3.63, 3.8) is 0 Å². The zero-order chi connectivity index (χ0) is 14.3.